The van der Waals surface area contributed by atoms with E-state index in [4.69, 9.17) is 11.6 Å². The van der Waals surface area contributed by atoms with E-state index in [2.05, 4.69) is 25.9 Å². The standard InChI is InChI=1S/C10H9BrClN3OS/c1-15(4-6-2-3-7(12)17-6)9-8(11)10(16)14-5-13-9/h2-3,5H,4H2,1H3,(H,13,14,16). The molecule has 90 valence electrons. The maximum absolute atomic E-state index is 11.4. The summed E-state index contributed by atoms with van der Waals surface area (Å²) < 4.78 is 1.19. The summed E-state index contributed by atoms with van der Waals surface area (Å²) in [7, 11) is 1.88. The number of hydrogen-bond donors (Lipinski definition) is 1. The molecule has 2 aromatic heterocycles. The molecule has 2 rings (SSSR count). The van der Waals surface area contributed by atoms with Gasteiger partial charge in [0.05, 0.1) is 17.2 Å². The fourth-order valence-electron chi connectivity index (χ4n) is 1.39. The highest BCUT2D eigenvalue weighted by molar-refractivity contribution is 9.10. The molecular weight excluding hydrogens is 326 g/mol. The van der Waals surface area contributed by atoms with Crippen molar-refractivity contribution in [2.45, 2.75) is 6.54 Å². The van der Waals surface area contributed by atoms with Gasteiger partial charge >= 0.3 is 0 Å². The Labute approximate surface area is 115 Å². The van der Waals surface area contributed by atoms with Gasteiger partial charge in [-0.1, -0.05) is 11.6 Å². The van der Waals surface area contributed by atoms with Crippen LogP contribution in [0, 0.1) is 0 Å². The second kappa shape index (κ2) is 5.20. The number of hydrogen-bond acceptors (Lipinski definition) is 4. The highest BCUT2D eigenvalue weighted by Crippen LogP contribution is 2.25. The molecule has 2 aromatic rings. The van der Waals surface area contributed by atoms with Crippen LogP contribution in [-0.4, -0.2) is 17.0 Å². The van der Waals surface area contributed by atoms with Crippen LogP contribution in [0.1, 0.15) is 4.88 Å². The molecule has 0 radical (unpaired) electrons. The Morgan fingerprint density at radius 3 is 3.00 bits per heavy atom. The summed E-state index contributed by atoms with van der Waals surface area (Å²) in [5, 5.41) is 0. The van der Waals surface area contributed by atoms with Gasteiger partial charge in [-0.2, -0.15) is 0 Å². The monoisotopic (exact) mass is 333 g/mol. The Kier molecular flexibility index (Phi) is 3.86. The minimum absolute atomic E-state index is 0.189. The summed E-state index contributed by atoms with van der Waals surface area (Å²) in [5.74, 6) is 0.610. The molecule has 0 aliphatic carbocycles. The van der Waals surface area contributed by atoms with Crippen molar-refractivity contribution in [3.63, 3.8) is 0 Å². The molecule has 0 fully saturated rings. The van der Waals surface area contributed by atoms with Gasteiger partial charge in [-0.25, -0.2) is 4.98 Å². The summed E-state index contributed by atoms with van der Waals surface area (Å²) in [6.07, 6.45) is 1.39. The van der Waals surface area contributed by atoms with Gasteiger partial charge in [-0.15, -0.1) is 11.3 Å². The zero-order valence-corrected chi connectivity index (χ0v) is 12.1. The van der Waals surface area contributed by atoms with Crippen LogP contribution in [-0.2, 0) is 6.54 Å². The first-order chi connectivity index (χ1) is 8.08. The number of anilines is 1. The smallest absolute Gasteiger partial charge is 0.267 e. The van der Waals surface area contributed by atoms with Gasteiger partial charge in [-0.3, -0.25) is 4.79 Å². The van der Waals surface area contributed by atoms with Crippen molar-refractivity contribution in [1.82, 2.24) is 9.97 Å². The lowest BCUT2D eigenvalue weighted by Crippen LogP contribution is -2.21. The molecule has 0 spiro atoms. The third-order valence-corrected chi connectivity index (χ3v) is 4.09. The number of aromatic amines is 1. The molecule has 7 heteroatoms. The molecule has 0 bridgehead atoms. The molecule has 17 heavy (non-hydrogen) atoms. The van der Waals surface area contributed by atoms with Crippen molar-refractivity contribution < 1.29 is 0 Å². The van der Waals surface area contributed by atoms with E-state index in [9.17, 15) is 4.79 Å². The van der Waals surface area contributed by atoms with Crippen LogP contribution in [0.5, 0.6) is 0 Å². The normalized spacial score (nSPS) is 10.5. The van der Waals surface area contributed by atoms with E-state index in [1.54, 1.807) is 0 Å². The first kappa shape index (κ1) is 12.6. The average Bonchev–Trinajstić information content (AvgIpc) is 2.68. The van der Waals surface area contributed by atoms with E-state index in [0.717, 1.165) is 9.21 Å². The van der Waals surface area contributed by atoms with Crippen molar-refractivity contribution in [2.24, 2.45) is 0 Å². The van der Waals surface area contributed by atoms with Gasteiger partial charge in [0.15, 0.2) is 0 Å². The number of nitrogens with zero attached hydrogens (tertiary/aromatic N) is 2. The van der Waals surface area contributed by atoms with Gasteiger partial charge in [0.2, 0.25) is 0 Å². The zero-order valence-electron chi connectivity index (χ0n) is 8.91. The molecule has 0 atom stereocenters. The Hall–Kier alpha value is -0.850. The summed E-state index contributed by atoms with van der Waals surface area (Å²) in [6.45, 7) is 0.659. The summed E-state index contributed by atoms with van der Waals surface area (Å²) in [5.41, 5.74) is -0.189. The lowest BCUT2D eigenvalue weighted by molar-refractivity contribution is 0.893. The number of rotatable bonds is 3. The van der Waals surface area contributed by atoms with E-state index < -0.39 is 0 Å². The molecule has 0 amide bonds. The molecule has 0 aliphatic heterocycles. The second-order valence-corrected chi connectivity index (χ2v) is 6.02. The molecule has 4 nitrogen and oxygen atoms in total. The lowest BCUT2D eigenvalue weighted by Gasteiger charge is -2.17. The van der Waals surface area contributed by atoms with Crippen molar-refractivity contribution in [1.29, 1.82) is 0 Å². The average molecular weight is 335 g/mol. The number of H-pyrrole nitrogens is 1. The maximum Gasteiger partial charge on any atom is 0.267 e. The highest BCUT2D eigenvalue weighted by atomic mass is 79.9. The van der Waals surface area contributed by atoms with Gasteiger partial charge in [-0.05, 0) is 28.1 Å². The van der Waals surface area contributed by atoms with E-state index in [1.165, 1.54) is 17.7 Å². The van der Waals surface area contributed by atoms with Crippen LogP contribution in [0.25, 0.3) is 0 Å². The molecule has 0 aliphatic rings. The molecule has 1 N–H and O–H groups in total. The van der Waals surface area contributed by atoms with Gasteiger partial charge in [0.1, 0.15) is 10.3 Å². The van der Waals surface area contributed by atoms with Gasteiger partial charge < -0.3 is 9.88 Å². The predicted octanol–water partition coefficient (Wildman–Crippen LogP) is 2.88. The number of aromatic nitrogens is 2. The summed E-state index contributed by atoms with van der Waals surface area (Å²) >= 11 is 10.6. The predicted molar refractivity (Wildman–Crippen MR) is 74.0 cm³/mol. The summed E-state index contributed by atoms with van der Waals surface area (Å²) in [6, 6.07) is 3.82. The van der Waals surface area contributed by atoms with E-state index in [0.29, 0.717) is 16.8 Å². The third kappa shape index (κ3) is 2.88. The van der Waals surface area contributed by atoms with Gasteiger partial charge in [0.25, 0.3) is 5.56 Å². The zero-order chi connectivity index (χ0) is 12.4. The SMILES string of the molecule is CN(Cc1ccc(Cl)s1)c1nc[nH]c(=O)c1Br. The van der Waals surface area contributed by atoms with Crippen molar-refractivity contribution in [2.75, 3.05) is 11.9 Å². The van der Waals surface area contributed by atoms with E-state index >= 15 is 0 Å². The first-order valence-corrected chi connectivity index (χ1v) is 6.75. The van der Waals surface area contributed by atoms with E-state index in [-0.39, 0.29) is 5.56 Å². The Balaban J connectivity index is 2.23. The lowest BCUT2D eigenvalue weighted by atomic mass is 10.4. The molecule has 0 unspecified atom stereocenters. The Bertz CT molecular complexity index is 583. The Morgan fingerprint density at radius 2 is 2.35 bits per heavy atom. The second-order valence-electron chi connectivity index (χ2n) is 3.43. The topological polar surface area (TPSA) is 49.0 Å². The minimum atomic E-state index is -0.189. The van der Waals surface area contributed by atoms with Gasteiger partial charge in [0, 0.05) is 11.9 Å². The fraction of sp³-hybridized carbons (Fsp3) is 0.200. The minimum Gasteiger partial charge on any atom is -0.353 e. The van der Waals surface area contributed by atoms with Crippen LogP contribution in [0.4, 0.5) is 5.82 Å². The Morgan fingerprint density at radius 1 is 1.59 bits per heavy atom. The maximum atomic E-state index is 11.4. The third-order valence-electron chi connectivity index (χ3n) is 2.16. The highest BCUT2D eigenvalue weighted by Gasteiger charge is 2.11. The molecular formula is C10H9BrClN3OS. The molecule has 0 saturated heterocycles. The van der Waals surface area contributed by atoms with Crippen molar-refractivity contribution in [3.8, 4) is 0 Å². The largest absolute Gasteiger partial charge is 0.353 e. The first-order valence-electron chi connectivity index (χ1n) is 4.76. The fourth-order valence-corrected chi connectivity index (χ4v) is 3.05. The molecule has 2 heterocycles. The number of thiophene rings is 1. The van der Waals surface area contributed by atoms with Crippen LogP contribution in [0.2, 0.25) is 4.34 Å². The van der Waals surface area contributed by atoms with Crippen LogP contribution in [0.15, 0.2) is 27.7 Å². The van der Waals surface area contributed by atoms with E-state index in [1.807, 2.05) is 24.1 Å². The number of halogens is 2. The quantitative estimate of drug-likeness (QED) is 0.939. The molecule has 0 saturated carbocycles. The molecule has 0 aromatic carbocycles. The van der Waals surface area contributed by atoms with Crippen LogP contribution in [0.3, 0.4) is 0 Å². The number of nitrogens with one attached hydrogen (secondary N) is 1. The van der Waals surface area contributed by atoms with Crippen molar-refractivity contribution in [3.05, 3.63) is 42.5 Å². The van der Waals surface area contributed by atoms with Crippen LogP contribution < -0.4 is 10.5 Å². The summed E-state index contributed by atoms with van der Waals surface area (Å²) in [4.78, 5) is 21.1. The van der Waals surface area contributed by atoms with Crippen molar-refractivity contribution >= 4 is 44.7 Å². The van der Waals surface area contributed by atoms with Crippen LogP contribution >= 0.6 is 38.9 Å².